The summed E-state index contributed by atoms with van der Waals surface area (Å²) in [6, 6.07) is -0.920. The molecule has 1 atom stereocenters. The van der Waals surface area contributed by atoms with Crippen molar-refractivity contribution >= 4 is 12.4 Å². The van der Waals surface area contributed by atoms with Gasteiger partial charge in [0.25, 0.3) is 0 Å². The van der Waals surface area contributed by atoms with Crippen LogP contribution in [0.5, 0.6) is 0 Å². The van der Waals surface area contributed by atoms with Gasteiger partial charge in [-0.3, -0.25) is 4.79 Å². The van der Waals surface area contributed by atoms with Crippen LogP contribution in [0, 0.1) is 0 Å². The lowest BCUT2D eigenvalue weighted by Gasteiger charge is -2.10. The van der Waals surface area contributed by atoms with E-state index >= 15 is 0 Å². The first-order chi connectivity index (χ1) is 6.22. The fraction of sp³-hybridized carbons (Fsp3) is 0.714. The second-order valence-corrected chi connectivity index (χ2v) is 2.30. The Morgan fingerprint density at radius 1 is 1.54 bits per heavy atom. The molecule has 0 saturated heterocycles. The summed E-state index contributed by atoms with van der Waals surface area (Å²) in [4.78, 5) is 20.4. The number of carboxylic acid groups (broad SMARTS) is 1. The Morgan fingerprint density at radius 3 is 2.69 bits per heavy atom. The molecule has 0 bridgehead atoms. The van der Waals surface area contributed by atoms with Gasteiger partial charge < -0.3 is 20.3 Å². The monoisotopic (exact) mass is 191 g/mol. The summed E-state index contributed by atoms with van der Waals surface area (Å²) < 4.78 is 4.84. The van der Waals surface area contributed by atoms with E-state index in [1.165, 1.54) is 0 Å². The molecule has 13 heavy (non-hydrogen) atoms. The van der Waals surface area contributed by atoms with E-state index in [0.717, 1.165) is 0 Å². The maximum absolute atomic E-state index is 10.4. The molecular weight excluding hydrogens is 178 g/mol. The first-order valence-corrected chi connectivity index (χ1v) is 3.83. The van der Waals surface area contributed by atoms with Crippen molar-refractivity contribution in [2.24, 2.45) is 0 Å². The summed E-state index contributed by atoms with van der Waals surface area (Å²) in [5, 5.41) is 19.0. The summed E-state index contributed by atoms with van der Waals surface area (Å²) >= 11 is 0. The Labute approximate surface area is 75.5 Å². The van der Waals surface area contributed by atoms with Crippen LogP contribution in [0.4, 0.5) is 0 Å². The molecular formula is C7H13NO5. The fourth-order valence-electron chi connectivity index (χ4n) is 0.728. The minimum absolute atomic E-state index is 0.0984. The lowest BCUT2D eigenvalue weighted by atomic mass is 10.2. The topological polar surface area (TPSA) is 95.9 Å². The SMILES string of the molecule is O=CNC(CCOCCO)C(=O)O. The van der Waals surface area contributed by atoms with Gasteiger partial charge in [0.05, 0.1) is 13.2 Å². The van der Waals surface area contributed by atoms with E-state index in [1.807, 2.05) is 0 Å². The molecule has 0 heterocycles. The van der Waals surface area contributed by atoms with Crippen LogP contribution < -0.4 is 5.32 Å². The fourth-order valence-corrected chi connectivity index (χ4v) is 0.728. The van der Waals surface area contributed by atoms with Gasteiger partial charge in [0.1, 0.15) is 6.04 Å². The van der Waals surface area contributed by atoms with Crippen LogP contribution in [0.25, 0.3) is 0 Å². The van der Waals surface area contributed by atoms with E-state index < -0.39 is 12.0 Å². The highest BCUT2D eigenvalue weighted by Crippen LogP contribution is 1.92. The predicted octanol–water partition coefficient (Wildman–Crippen LogP) is -1.42. The molecule has 0 radical (unpaired) electrons. The average molecular weight is 191 g/mol. The third-order valence-corrected chi connectivity index (χ3v) is 1.35. The number of hydrogen-bond donors (Lipinski definition) is 3. The minimum atomic E-state index is -1.10. The summed E-state index contributed by atoms with van der Waals surface area (Å²) in [7, 11) is 0. The summed E-state index contributed by atoms with van der Waals surface area (Å²) in [5.41, 5.74) is 0. The molecule has 0 aliphatic carbocycles. The standard InChI is InChI=1S/C7H13NO5/c9-2-4-13-3-1-6(7(11)12)8-5-10/h5-6,9H,1-4H2,(H,8,10)(H,11,12). The van der Waals surface area contributed by atoms with Gasteiger partial charge in [-0.1, -0.05) is 0 Å². The quantitative estimate of drug-likeness (QED) is 0.323. The van der Waals surface area contributed by atoms with Crippen molar-refractivity contribution in [1.82, 2.24) is 5.32 Å². The van der Waals surface area contributed by atoms with Crippen molar-refractivity contribution in [3.8, 4) is 0 Å². The Hall–Kier alpha value is -1.14. The van der Waals surface area contributed by atoms with Crippen molar-refractivity contribution in [2.75, 3.05) is 19.8 Å². The molecule has 0 rings (SSSR count). The van der Waals surface area contributed by atoms with Crippen LogP contribution in [0.2, 0.25) is 0 Å². The summed E-state index contributed by atoms with van der Waals surface area (Å²) in [5.74, 6) is -1.10. The Kier molecular flexibility index (Phi) is 6.85. The first-order valence-electron chi connectivity index (χ1n) is 3.83. The smallest absolute Gasteiger partial charge is 0.326 e. The van der Waals surface area contributed by atoms with Gasteiger partial charge in [-0.05, 0) is 0 Å². The van der Waals surface area contributed by atoms with E-state index in [0.29, 0.717) is 6.41 Å². The number of rotatable bonds is 8. The van der Waals surface area contributed by atoms with E-state index in [1.54, 1.807) is 0 Å². The predicted molar refractivity (Wildman–Crippen MR) is 43.1 cm³/mol. The maximum Gasteiger partial charge on any atom is 0.326 e. The second-order valence-electron chi connectivity index (χ2n) is 2.30. The highest BCUT2D eigenvalue weighted by atomic mass is 16.5. The molecule has 0 aliphatic heterocycles. The molecule has 6 heteroatoms. The van der Waals surface area contributed by atoms with Gasteiger partial charge >= 0.3 is 5.97 Å². The van der Waals surface area contributed by atoms with Crippen molar-refractivity contribution in [1.29, 1.82) is 0 Å². The Balaban J connectivity index is 3.56. The van der Waals surface area contributed by atoms with Crippen LogP contribution in [0.3, 0.4) is 0 Å². The molecule has 0 aromatic heterocycles. The van der Waals surface area contributed by atoms with Crippen LogP contribution in [0.1, 0.15) is 6.42 Å². The second kappa shape index (κ2) is 7.51. The zero-order valence-corrected chi connectivity index (χ0v) is 7.10. The molecule has 0 aromatic carbocycles. The molecule has 1 unspecified atom stereocenters. The van der Waals surface area contributed by atoms with E-state index in [4.69, 9.17) is 14.9 Å². The molecule has 3 N–H and O–H groups in total. The minimum Gasteiger partial charge on any atom is -0.480 e. The van der Waals surface area contributed by atoms with Gasteiger partial charge in [0.2, 0.25) is 6.41 Å². The Morgan fingerprint density at radius 2 is 2.23 bits per heavy atom. The van der Waals surface area contributed by atoms with Crippen LogP contribution in [-0.4, -0.2) is 48.5 Å². The number of carbonyl (C=O) groups is 2. The first kappa shape index (κ1) is 11.9. The molecule has 0 aromatic rings. The van der Waals surface area contributed by atoms with Crippen molar-refractivity contribution in [2.45, 2.75) is 12.5 Å². The molecule has 0 aliphatic rings. The highest BCUT2D eigenvalue weighted by Gasteiger charge is 2.15. The Bertz CT molecular complexity index is 161. The number of carbonyl (C=O) groups excluding carboxylic acids is 1. The number of aliphatic hydroxyl groups is 1. The number of nitrogens with one attached hydrogen (secondary N) is 1. The third kappa shape index (κ3) is 6.06. The normalized spacial score (nSPS) is 12.1. The van der Waals surface area contributed by atoms with E-state index in [-0.39, 0.29) is 26.2 Å². The largest absolute Gasteiger partial charge is 0.480 e. The van der Waals surface area contributed by atoms with Gasteiger partial charge in [0, 0.05) is 13.0 Å². The van der Waals surface area contributed by atoms with Crippen molar-refractivity contribution < 1.29 is 24.5 Å². The van der Waals surface area contributed by atoms with Crippen LogP contribution in [0.15, 0.2) is 0 Å². The molecule has 0 spiro atoms. The van der Waals surface area contributed by atoms with E-state index in [2.05, 4.69) is 5.32 Å². The van der Waals surface area contributed by atoms with Gasteiger partial charge in [-0.25, -0.2) is 4.79 Å². The van der Waals surface area contributed by atoms with Crippen molar-refractivity contribution in [3.05, 3.63) is 0 Å². The van der Waals surface area contributed by atoms with Crippen LogP contribution in [-0.2, 0) is 14.3 Å². The molecule has 76 valence electrons. The number of amides is 1. The highest BCUT2D eigenvalue weighted by molar-refractivity contribution is 5.76. The molecule has 0 fully saturated rings. The lowest BCUT2D eigenvalue weighted by Crippen LogP contribution is -2.36. The van der Waals surface area contributed by atoms with Gasteiger partial charge in [-0.15, -0.1) is 0 Å². The molecule has 1 amide bonds. The average Bonchev–Trinajstić information content (AvgIpc) is 2.10. The van der Waals surface area contributed by atoms with Crippen molar-refractivity contribution in [3.63, 3.8) is 0 Å². The lowest BCUT2D eigenvalue weighted by molar-refractivity contribution is -0.141. The number of hydrogen-bond acceptors (Lipinski definition) is 4. The zero-order chi connectivity index (χ0) is 10.1. The number of carboxylic acids is 1. The maximum atomic E-state index is 10.4. The van der Waals surface area contributed by atoms with E-state index in [9.17, 15) is 9.59 Å². The molecule has 6 nitrogen and oxygen atoms in total. The number of aliphatic carboxylic acids is 1. The number of aliphatic hydroxyl groups excluding tert-OH is 1. The summed E-state index contributed by atoms with van der Waals surface area (Å²) in [6.07, 6.45) is 0.527. The van der Waals surface area contributed by atoms with Crippen LogP contribution >= 0.6 is 0 Å². The van der Waals surface area contributed by atoms with Gasteiger partial charge in [0.15, 0.2) is 0 Å². The van der Waals surface area contributed by atoms with Gasteiger partial charge in [-0.2, -0.15) is 0 Å². The zero-order valence-electron chi connectivity index (χ0n) is 7.10. The molecule has 0 saturated carbocycles. The number of ether oxygens (including phenoxy) is 1. The summed E-state index contributed by atoms with van der Waals surface area (Å²) in [6.45, 7) is 0.268. The third-order valence-electron chi connectivity index (χ3n) is 1.35.